The number of hydrogen-bond donors (Lipinski definition) is 0. The Kier molecular flexibility index (Phi) is 8.65. The van der Waals surface area contributed by atoms with Crippen LogP contribution in [0.1, 0.15) is 37.1 Å². The summed E-state index contributed by atoms with van der Waals surface area (Å²) in [6.45, 7) is 4.82. The van der Waals surface area contributed by atoms with Gasteiger partial charge in [0.2, 0.25) is 11.8 Å². The fraction of sp³-hybridized carbons (Fsp3) is 0.520. The Morgan fingerprint density at radius 2 is 1.88 bits per heavy atom. The smallest absolute Gasteiger partial charge is 0.242 e. The molecule has 0 radical (unpaired) electrons. The van der Waals surface area contributed by atoms with Crippen LogP contribution < -0.4 is 9.47 Å². The number of alkyl halides is 1. The van der Waals surface area contributed by atoms with Crippen LogP contribution in [-0.4, -0.2) is 60.8 Å². The molecule has 1 aromatic carbocycles. The fourth-order valence-corrected chi connectivity index (χ4v) is 4.46. The third kappa shape index (κ3) is 6.64. The molecule has 180 valence electrons. The Balaban J connectivity index is 1.74. The quantitative estimate of drug-likeness (QED) is 0.406. The number of hydrogen-bond acceptors (Lipinski definition) is 5. The van der Waals surface area contributed by atoms with E-state index in [1.54, 1.807) is 30.5 Å². The second-order valence-electron chi connectivity index (χ2n) is 9.02. The van der Waals surface area contributed by atoms with Crippen molar-refractivity contribution in [2.24, 2.45) is 5.41 Å². The topological polar surface area (TPSA) is 59.1 Å². The predicted octanol–water partition coefficient (Wildman–Crippen LogP) is 4.59. The van der Waals surface area contributed by atoms with Gasteiger partial charge in [0.25, 0.3) is 0 Å². The molecule has 0 spiro atoms. The van der Waals surface area contributed by atoms with Gasteiger partial charge in [0.05, 0.1) is 26.2 Å². The molecule has 1 fully saturated rings. The average Bonchev–Trinajstić information content (AvgIpc) is 3.54. The molecule has 0 bridgehead atoms. The van der Waals surface area contributed by atoms with E-state index in [9.17, 15) is 9.59 Å². The molecule has 2 amide bonds. The van der Waals surface area contributed by atoms with Crippen molar-refractivity contribution in [1.82, 2.24) is 9.80 Å². The summed E-state index contributed by atoms with van der Waals surface area (Å²) in [4.78, 5) is 31.2. The lowest BCUT2D eigenvalue weighted by molar-refractivity contribution is -0.146. The van der Waals surface area contributed by atoms with E-state index in [-0.39, 0.29) is 30.3 Å². The summed E-state index contributed by atoms with van der Waals surface area (Å²) in [5.41, 5.74) is 0.359. The Labute approximate surface area is 205 Å². The van der Waals surface area contributed by atoms with E-state index in [0.29, 0.717) is 31.0 Å². The molecule has 6 nitrogen and oxygen atoms in total. The standard InChI is InChI=1S/C25H33ClN2O4S/c1-25(2,17-26)24(30)28(19-8-9-19)16-23(29)27(15-20-6-5-13-33-20)12-11-18-7-10-21(31-3)22(14-18)32-4/h5-7,10,13-14,19H,8-9,11-12,15-17H2,1-4H3. The van der Waals surface area contributed by atoms with Crippen molar-refractivity contribution in [3.8, 4) is 11.5 Å². The number of methoxy groups -OCH3 is 2. The molecule has 2 aromatic rings. The van der Waals surface area contributed by atoms with Crippen LogP contribution in [0.2, 0.25) is 0 Å². The minimum absolute atomic E-state index is 0.0468. The molecule has 8 heteroatoms. The monoisotopic (exact) mass is 492 g/mol. The Morgan fingerprint density at radius 3 is 2.45 bits per heavy atom. The number of halogens is 1. The van der Waals surface area contributed by atoms with Crippen molar-refractivity contribution in [3.05, 3.63) is 46.2 Å². The molecule has 1 saturated carbocycles. The first-order valence-electron chi connectivity index (χ1n) is 11.2. The molecule has 33 heavy (non-hydrogen) atoms. The van der Waals surface area contributed by atoms with Gasteiger partial charge >= 0.3 is 0 Å². The van der Waals surface area contributed by atoms with Crippen molar-refractivity contribution in [2.75, 3.05) is 33.2 Å². The number of rotatable bonds is 12. The number of carbonyl (C=O) groups is 2. The van der Waals surface area contributed by atoms with Crippen LogP contribution in [0.15, 0.2) is 35.7 Å². The average molecular weight is 493 g/mol. The van der Waals surface area contributed by atoms with Gasteiger partial charge in [-0.25, -0.2) is 0 Å². The first kappa shape index (κ1) is 25.4. The summed E-state index contributed by atoms with van der Waals surface area (Å²) in [6.07, 6.45) is 2.55. The zero-order valence-electron chi connectivity index (χ0n) is 19.8. The second kappa shape index (κ2) is 11.3. The van der Waals surface area contributed by atoms with Gasteiger partial charge in [0.1, 0.15) is 6.54 Å². The van der Waals surface area contributed by atoms with Gasteiger partial charge in [-0.05, 0) is 62.3 Å². The normalized spacial score (nSPS) is 13.5. The van der Waals surface area contributed by atoms with Crippen LogP contribution in [0.5, 0.6) is 11.5 Å². The molecule has 3 rings (SSSR count). The summed E-state index contributed by atoms with van der Waals surface area (Å²) in [5.74, 6) is 1.47. The number of benzene rings is 1. The molecule has 0 atom stereocenters. The highest BCUT2D eigenvalue weighted by Gasteiger charge is 2.40. The number of carbonyl (C=O) groups excluding carboxylic acids is 2. The van der Waals surface area contributed by atoms with E-state index in [4.69, 9.17) is 21.1 Å². The van der Waals surface area contributed by atoms with Crippen LogP contribution in [-0.2, 0) is 22.6 Å². The largest absolute Gasteiger partial charge is 0.493 e. The van der Waals surface area contributed by atoms with Crippen LogP contribution >= 0.6 is 22.9 Å². The van der Waals surface area contributed by atoms with E-state index in [1.807, 2.05) is 54.5 Å². The molecule has 0 unspecified atom stereocenters. The molecular formula is C25H33ClN2O4S. The van der Waals surface area contributed by atoms with E-state index in [0.717, 1.165) is 23.3 Å². The van der Waals surface area contributed by atoms with Gasteiger partial charge in [0.15, 0.2) is 11.5 Å². The summed E-state index contributed by atoms with van der Waals surface area (Å²) < 4.78 is 10.7. The first-order valence-corrected chi connectivity index (χ1v) is 12.6. The lowest BCUT2D eigenvalue weighted by Crippen LogP contribution is -2.49. The van der Waals surface area contributed by atoms with Crippen LogP contribution in [0, 0.1) is 5.41 Å². The molecular weight excluding hydrogens is 460 g/mol. The fourth-order valence-electron chi connectivity index (χ4n) is 3.63. The van der Waals surface area contributed by atoms with Gasteiger partial charge in [0, 0.05) is 23.3 Å². The van der Waals surface area contributed by atoms with E-state index in [1.165, 1.54) is 0 Å². The van der Waals surface area contributed by atoms with Gasteiger partial charge in [-0.3, -0.25) is 9.59 Å². The van der Waals surface area contributed by atoms with Gasteiger partial charge in [-0.2, -0.15) is 0 Å². The van der Waals surface area contributed by atoms with Gasteiger partial charge < -0.3 is 19.3 Å². The minimum atomic E-state index is -0.692. The lowest BCUT2D eigenvalue weighted by atomic mass is 9.94. The minimum Gasteiger partial charge on any atom is -0.493 e. The number of ether oxygens (including phenoxy) is 2. The molecule has 1 aliphatic carbocycles. The van der Waals surface area contributed by atoms with E-state index in [2.05, 4.69) is 0 Å². The number of amides is 2. The van der Waals surface area contributed by atoms with Crippen molar-refractivity contribution < 1.29 is 19.1 Å². The maximum absolute atomic E-state index is 13.4. The zero-order chi connectivity index (χ0) is 24.0. The summed E-state index contributed by atoms with van der Waals surface area (Å²) in [7, 11) is 3.22. The third-order valence-electron chi connectivity index (χ3n) is 5.86. The van der Waals surface area contributed by atoms with E-state index >= 15 is 0 Å². The SMILES string of the molecule is COc1ccc(CCN(Cc2cccs2)C(=O)CN(C(=O)C(C)(C)CCl)C2CC2)cc1OC. The summed E-state index contributed by atoms with van der Waals surface area (Å²) in [5, 5.41) is 2.01. The van der Waals surface area contributed by atoms with Crippen LogP contribution in [0.4, 0.5) is 0 Å². The highest BCUT2D eigenvalue weighted by molar-refractivity contribution is 7.09. The first-order chi connectivity index (χ1) is 15.8. The van der Waals surface area contributed by atoms with Crippen LogP contribution in [0.3, 0.4) is 0 Å². The third-order valence-corrected chi connectivity index (χ3v) is 7.39. The highest BCUT2D eigenvalue weighted by atomic mass is 35.5. The van der Waals surface area contributed by atoms with Crippen molar-refractivity contribution in [3.63, 3.8) is 0 Å². The Morgan fingerprint density at radius 1 is 1.15 bits per heavy atom. The van der Waals surface area contributed by atoms with Crippen molar-refractivity contribution >= 4 is 34.8 Å². The maximum Gasteiger partial charge on any atom is 0.242 e. The lowest BCUT2D eigenvalue weighted by Gasteiger charge is -2.32. The molecule has 1 aromatic heterocycles. The van der Waals surface area contributed by atoms with Crippen LogP contribution in [0.25, 0.3) is 0 Å². The summed E-state index contributed by atoms with van der Waals surface area (Å²) >= 11 is 7.68. The molecule has 1 aliphatic rings. The second-order valence-corrected chi connectivity index (χ2v) is 10.3. The van der Waals surface area contributed by atoms with Gasteiger partial charge in [-0.15, -0.1) is 22.9 Å². The Bertz CT molecular complexity index is 944. The van der Waals surface area contributed by atoms with Crippen molar-refractivity contribution in [2.45, 2.75) is 45.7 Å². The Hall–Kier alpha value is -2.25. The number of nitrogens with zero attached hydrogens (tertiary/aromatic N) is 2. The van der Waals surface area contributed by atoms with E-state index < -0.39 is 5.41 Å². The summed E-state index contributed by atoms with van der Waals surface area (Å²) in [6, 6.07) is 9.95. The van der Waals surface area contributed by atoms with Gasteiger partial charge in [-0.1, -0.05) is 12.1 Å². The molecule has 0 N–H and O–H groups in total. The maximum atomic E-state index is 13.4. The predicted molar refractivity (Wildman–Crippen MR) is 132 cm³/mol. The molecule has 0 saturated heterocycles. The molecule has 0 aliphatic heterocycles. The highest BCUT2D eigenvalue weighted by Crippen LogP contribution is 2.32. The van der Waals surface area contributed by atoms with Crippen molar-refractivity contribution in [1.29, 1.82) is 0 Å². The molecule has 1 heterocycles. The zero-order valence-corrected chi connectivity index (χ0v) is 21.4. The number of thiophene rings is 1.